The molecule has 0 saturated heterocycles. The van der Waals surface area contributed by atoms with Crippen molar-refractivity contribution >= 4 is 51.5 Å². The number of aldehydes is 1. The van der Waals surface area contributed by atoms with Crippen LogP contribution in [0.25, 0.3) is 0 Å². The summed E-state index contributed by atoms with van der Waals surface area (Å²) in [5.74, 6) is 1.17. The summed E-state index contributed by atoms with van der Waals surface area (Å²) in [5, 5.41) is 0. The number of benzene rings is 1. The zero-order chi connectivity index (χ0) is 13.7. The van der Waals surface area contributed by atoms with Gasteiger partial charge in [-0.3, -0.25) is 4.79 Å². The van der Waals surface area contributed by atoms with E-state index >= 15 is 0 Å². The highest BCUT2D eigenvalue weighted by molar-refractivity contribution is 14.1. The number of hydrogen-bond acceptors (Lipinski definition) is 4. The summed E-state index contributed by atoms with van der Waals surface area (Å²) in [6.07, 6.45) is 0.442. The van der Waals surface area contributed by atoms with E-state index in [1.807, 2.05) is 13.8 Å². The quantitative estimate of drug-likeness (QED) is 0.359. The van der Waals surface area contributed by atoms with Gasteiger partial charge in [0, 0.05) is 12.2 Å². The molecule has 0 aromatic heterocycles. The first kappa shape index (κ1) is 16.0. The van der Waals surface area contributed by atoms with E-state index in [0.29, 0.717) is 23.7 Å². The Bertz CT molecular complexity index is 435. The minimum atomic E-state index is -0.365. The van der Waals surface area contributed by atoms with Crippen LogP contribution in [0.2, 0.25) is 0 Å². The highest BCUT2D eigenvalue weighted by atomic mass is 127. The lowest BCUT2D eigenvalue weighted by atomic mass is 10.2. The summed E-state index contributed by atoms with van der Waals surface area (Å²) < 4.78 is 17.9. The minimum absolute atomic E-state index is 0.365. The number of hydrogen-bond donors (Lipinski definition) is 0. The predicted octanol–water partition coefficient (Wildman–Crippen LogP) is 3.48. The monoisotopic (exact) mass is 476 g/mol. The molecule has 1 aromatic carbocycles. The third-order valence-corrected chi connectivity index (χ3v) is 4.09. The average molecular weight is 476 g/mol. The molecule has 0 N–H and O–H groups in total. The highest BCUT2D eigenvalue weighted by Gasteiger charge is 2.19. The second kappa shape index (κ2) is 7.49. The second-order valence-corrected chi connectivity index (χ2v) is 5.62. The molecule has 0 saturated carbocycles. The summed E-state index contributed by atoms with van der Waals surface area (Å²) in [6.45, 7) is 4.30. The molecule has 1 unspecified atom stereocenters. The molecule has 0 spiro atoms. The standard InChI is InChI=1S/C12H14I2O4/c1-4-17-7(2)18-11-9(13)5-8(6-15)10(14)12(11)16-3/h5-7H,4H2,1-3H3. The van der Waals surface area contributed by atoms with E-state index in [4.69, 9.17) is 14.2 Å². The number of rotatable bonds is 6. The van der Waals surface area contributed by atoms with Gasteiger partial charge in [0.2, 0.25) is 0 Å². The Morgan fingerprint density at radius 2 is 2.06 bits per heavy atom. The Morgan fingerprint density at radius 3 is 2.56 bits per heavy atom. The fraction of sp³-hybridized carbons (Fsp3) is 0.417. The molecule has 4 nitrogen and oxygen atoms in total. The van der Waals surface area contributed by atoms with Crippen LogP contribution >= 0.6 is 45.2 Å². The van der Waals surface area contributed by atoms with Crippen molar-refractivity contribution in [2.24, 2.45) is 0 Å². The molecule has 0 amide bonds. The largest absolute Gasteiger partial charge is 0.492 e. The maximum atomic E-state index is 11.0. The smallest absolute Gasteiger partial charge is 0.197 e. The maximum Gasteiger partial charge on any atom is 0.197 e. The van der Waals surface area contributed by atoms with Crippen molar-refractivity contribution in [3.8, 4) is 11.5 Å². The van der Waals surface area contributed by atoms with E-state index in [1.165, 1.54) is 0 Å². The van der Waals surface area contributed by atoms with Gasteiger partial charge in [0.1, 0.15) is 0 Å². The zero-order valence-corrected chi connectivity index (χ0v) is 14.6. The molecule has 0 aliphatic carbocycles. The van der Waals surface area contributed by atoms with Crippen molar-refractivity contribution in [3.05, 3.63) is 18.8 Å². The first-order valence-electron chi connectivity index (χ1n) is 5.34. The van der Waals surface area contributed by atoms with Crippen molar-refractivity contribution in [1.82, 2.24) is 0 Å². The van der Waals surface area contributed by atoms with Crippen LogP contribution in [0.4, 0.5) is 0 Å². The summed E-state index contributed by atoms with van der Waals surface area (Å²) >= 11 is 4.18. The summed E-state index contributed by atoms with van der Waals surface area (Å²) in [4.78, 5) is 11.0. The summed E-state index contributed by atoms with van der Waals surface area (Å²) in [7, 11) is 1.56. The average Bonchev–Trinajstić information content (AvgIpc) is 2.34. The third kappa shape index (κ3) is 3.70. The lowest BCUT2D eigenvalue weighted by Crippen LogP contribution is -2.17. The normalized spacial score (nSPS) is 12.1. The fourth-order valence-corrected chi connectivity index (χ4v) is 2.87. The SMILES string of the molecule is CCOC(C)Oc1c(I)cc(C=O)c(I)c1OC. The van der Waals surface area contributed by atoms with E-state index < -0.39 is 0 Å². The zero-order valence-electron chi connectivity index (χ0n) is 10.3. The third-order valence-electron chi connectivity index (χ3n) is 2.17. The van der Waals surface area contributed by atoms with Crippen molar-refractivity contribution in [3.63, 3.8) is 0 Å². The van der Waals surface area contributed by atoms with Crippen LogP contribution in [-0.2, 0) is 4.74 Å². The Balaban J connectivity index is 3.17. The summed E-state index contributed by atoms with van der Waals surface area (Å²) in [6, 6.07) is 1.77. The number of ether oxygens (including phenoxy) is 3. The van der Waals surface area contributed by atoms with Gasteiger partial charge in [-0.25, -0.2) is 0 Å². The topological polar surface area (TPSA) is 44.8 Å². The Hall–Kier alpha value is -0.0900. The van der Waals surface area contributed by atoms with Crippen molar-refractivity contribution in [1.29, 1.82) is 0 Å². The molecule has 1 atom stereocenters. The van der Waals surface area contributed by atoms with Gasteiger partial charge in [0.05, 0.1) is 14.3 Å². The number of methoxy groups -OCH3 is 1. The van der Waals surface area contributed by atoms with Crippen LogP contribution in [0.15, 0.2) is 6.07 Å². The van der Waals surface area contributed by atoms with E-state index in [9.17, 15) is 4.79 Å². The molecule has 0 fully saturated rings. The van der Waals surface area contributed by atoms with E-state index in [1.54, 1.807) is 13.2 Å². The molecule has 18 heavy (non-hydrogen) atoms. The van der Waals surface area contributed by atoms with Crippen LogP contribution in [0.3, 0.4) is 0 Å². The highest BCUT2D eigenvalue weighted by Crippen LogP contribution is 2.39. The molecule has 1 aromatic rings. The minimum Gasteiger partial charge on any atom is -0.492 e. The van der Waals surface area contributed by atoms with Gasteiger partial charge in [0.25, 0.3) is 0 Å². The van der Waals surface area contributed by atoms with Gasteiger partial charge in [-0.05, 0) is 65.1 Å². The summed E-state index contributed by atoms with van der Waals surface area (Å²) in [5.41, 5.74) is 0.591. The molecular weight excluding hydrogens is 462 g/mol. The molecule has 0 aliphatic rings. The van der Waals surface area contributed by atoms with E-state index in [2.05, 4.69) is 45.2 Å². The predicted molar refractivity (Wildman–Crippen MR) is 85.5 cm³/mol. The first-order valence-corrected chi connectivity index (χ1v) is 7.50. The second-order valence-electron chi connectivity index (χ2n) is 3.38. The molecule has 0 radical (unpaired) electrons. The first-order chi connectivity index (χ1) is 8.54. The number of halogens is 2. The molecule has 6 heteroatoms. The molecule has 100 valence electrons. The van der Waals surface area contributed by atoms with Crippen LogP contribution < -0.4 is 9.47 Å². The lowest BCUT2D eigenvalue weighted by Gasteiger charge is -2.19. The fourth-order valence-electron chi connectivity index (χ4n) is 1.42. The van der Waals surface area contributed by atoms with Crippen LogP contribution in [-0.4, -0.2) is 26.3 Å². The Morgan fingerprint density at radius 1 is 1.39 bits per heavy atom. The Labute approximate surface area is 134 Å². The molecular formula is C12H14I2O4. The van der Waals surface area contributed by atoms with Crippen molar-refractivity contribution in [2.45, 2.75) is 20.1 Å². The number of carbonyl (C=O) groups excluding carboxylic acids is 1. The van der Waals surface area contributed by atoms with Crippen LogP contribution in [0.5, 0.6) is 11.5 Å². The van der Waals surface area contributed by atoms with Crippen LogP contribution in [0, 0.1) is 7.14 Å². The van der Waals surface area contributed by atoms with Gasteiger partial charge in [-0.2, -0.15) is 0 Å². The van der Waals surface area contributed by atoms with E-state index in [-0.39, 0.29) is 6.29 Å². The van der Waals surface area contributed by atoms with E-state index in [0.717, 1.165) is 13.4 Å². The lowest BCUT2D eigenvalue weighted by molar-refractivity contribution is -0.0628. The maximum absolute atomic E-state index is 11.0. The molecule has 1 rings (SSSR count). The Kier molecular flexibility index (Phi) is 6.64. The van der Waals surface area contributed by atoms with Gasteiger partial charge in [0.15, 0.2) is 24.1 Å². The van der Waals surface area contributed by atoms with Crippen molar-refractivity contribution in [2.75, 3.05) is 13.7 Å². The van der Waals surface area contributed by atoms with Crippen molar-refractivity contribution < 1.29 is 19.0 Å². The molecule has 0 heterocycles. The van der Waals surface area contributed by atoms with Gasteiger partial charge in [-0.1, -0.05) is 0 Å². The van der Waals surface area contributed by atoms with Gasteiger partial charge in [-0.15, -0.1) is 0 Å². The molecule has 0 aliphatic heterocycles. The van der Waals surface area contributed by atoms with Gasteiger partial charge >= 0.3 is 0 Å². The molecule has 0 bridgehead atoms. The van der Waals surface area contributed by atoms with Crippen LogP contribution in [0.1, 0.15) is 24.2 Å². The van der Waals surface area contributed by atoms with Gasteiger partial charge < -0.3 is 14.2 Å². The number of carbonyl (C=O) groups is 1.